The van der Waals surface area contributed by atoms with Gasteiger partial charge >= 0.3 is 0 Å². The van der Waals surface area contributed by atoms with E-state index in [1.807, 2.05) is 11.3 Å². The second-order valence-electron chi connectivity index (χ2n) is 7.41. The highest BCUT2D eigenvalue weighted by atomic mass is 32.1. The zero-order valence-electron chi connectivity index (χ0n) is 13.7. The first-order chi connectivity index (χ1) is 10.1. The van der Waals surface area contributed by atoms with E-state index in [0.29, 0.717) is 0 Å². The first kappa shape index (κ1) is 15.5. The summed E-state index contributed by atoms with van der Waals surface area (Å²) in [4.78, 5) is 6.13. The lowest BCUT2D eigenvalue weighted by Crippen LogP contribution is -2.53. The van der Waals surface area contributed by atoms with Crippen LogP contribution in [0.15, 0.2) is 0 Å². The van der Waals surface area contributed by atoms with Gasteiger partial charge in [0.15, 0.2) is 0 Å². The van der Waals surface area contributed by atoms with Crippen molar-refractivity contribution < 1.29 is 0 Å². The van der Waals surface area contributed by atoms with Crippen molar-refractivity contribution in [3.05, 3.63) is 15.6 Å². The number of nitrogens with two attached hydrogens (primary N) is 1. The fourth-order valence-corrected chi connectivity index (χ4v) is 5.72. The molecule has 2 saturated carbocycles. The summed E-state index contributed by atoms with van der Waals surface area (Å²) in [6.45, 7) is 4.30. The van der Waals surface area contributed by atoms with Crippen LogP contribution in [0.5, 0.6) is 0 Å². The van der Waals surface area contributed by atoms with Gasteiger partial charge in [-0.3, -0.25) is 0 Å². The quantitative estimate of drug-likeness (QED) is 0.873. The average molecular weight is 307 g/mol. The van der Waals surface area contributed by atoms with Crippen molar-refractivity contribution in [1.82, 2.24) is 4.98 Å². The SMILES string of the molecule is Cc1nc(CC2(N)CCCCC2C2CCCCC2)sc1C. The molecule has 0 spiro atoms. The normalized spacial score (nSPS) is 31.5. The highest BCUT2D eigenvalue weighted by Gasteiger charge is 2.42. The number of hydrogen-bond acceptors (Lipinski definition) is 3. The number of nitrogens with zero attached hydrogens (tertiary/aromatic N) is 1. The molecule has 1 aromatic heterocycles. The molecule has 1 aromatic rings. The van der Waals surface area contributed by atoms with Gasteiger partial charge in [0.2, 0.25) is 0 Å². The van der Waals surface area contributed by atoms with Gasteiger partial charge in [-0.15, -0.1) is 11.3 Å². The largest absolute Gasteiger partial charge is 0.324 e. The van der Waals surface area contributed by atoms with Crippen LogP contribution in [0.3, 0.4) is 0 Å². The third-order valence-electron chi connectivity index (χ3n) is 5.92. The Kier molecular flexibility index (Phi) is 4.70. The van der Waals surface area contributed by atoms with Crippen LogP contribution >= 0.6 is 11.3 Å². The molecular formula is C18H30N2S. The number of aryl methyl sites for hydroxylation is 2. The highest BCUT2D eigenvalue weighted by molar-refractivity contribution is 7.11. The summed E-state index contributed by atoms with van der Waals surface area (Å²) in [5.74, 6) is 1.61. The van der Waals surface area contributed by atoms with Gasteiger partial charge < -0.3 is 5.73 Å². The monoisotopic (exact) mass is 306 g/mol. The van der Waals surface area contributed by atoms with Gasteiger partial charge in [0, 0.05) is 16.8 Å². The fourth-order valence-electron chi connectivity index (χ4n) is 4.65. The van der Waals surface area contributed by atoms with E-state index in [0.717, 1.165) is 18.3 Å². The summed E-state index contributed by atoms with van der Waals surface area (Å²) >= 11 is 1.86. The topological polar surface area (TPSA) is 38.9 Å². The minimum absolute atomic E-state index is 0.0109. The van der Waals surface area contributed by atoms with Crippen molar-refractivity contribution >= 4 is 11.3 Å². The van der Waals surface area contributed by atoms with Crippen molar-refractivity contribution in [2.45, 2.75) is 83.6 Å². The van der Waals surface area contributed by atoms with E-state index in [4.69, 9.17) is 10.7 Å². The molecule has 2 unspecified atom stereocenters. The lowest BCUT2D eigenvalue weighted by atomic mass is 9.63. The minimum Gasteiger partial charge on any atom is -0.324 e. The van der Waals surface area contributed by atoms with Crippen LogP contribution in [0.2, 0.25) is 0 Å². The van der Waals surface area contributed by atoms with Crippen LogP contribution < -0.4 is 5.73 Å². The summed E-state index contributed by atoms with van der Waals surface area (Å²) in [5, 5.41) is 1.27. The Labute approximate surface area is 133 Å². The molecule has 1 heterocycles. The molecule has 2 aliphatic carbocycles. The van der Waals surface area contributed by atoms with E-state index in [1.54, 1.807) is 0 Å². The zero-order valence-corrected chi connectivity index (χ0v) is 14.5. The molecule has 0 saturated heterocycles. The second kappa shape index (κ2) is 6.37. The molecule has 118 valence electrons. The summed E-state index contributed by atoms with van der Waals surface area (Å²) in [5.41, 5.74) is 8.20. The van der Waals surface area contributed by atoms with E-state index in [-0.39, 0.29) is 5.54 Å². The van der Waals surface area contributed by atoms with Crippen molar-refractivity contribution in [1.29, 1.82) is 0 Å². The Morgan fingerprint density at radius 2 is 1.81 bits per heavy atom. The van der Waals surface area contributed by atoms with E-state index in [1.165, 1.54) is 73.4 Å². The molecule has 21 heavy (non-hydrogen) atoms. The molecule has 0 amide bonds. The van der Waals surface area contributed by atoms with E-state index in [9.17, 15) is 0 Å². The van der Waals surface area contributed by atoms with Gasteiger partial charge in [0.1, 0.15) is 0 Å². The molecule has 0 bridgehead atoms. The third kappa shape index (κ3) is 3.34. The molecular weight excluding hydrogens is 276 g/mol. The number of hydrogen-bond donors (Lipinski definition) is 1. The van der Waals surface area contributed by atoms with Crippen molar-refractivity contribution in [3.8, 4) is 0 Å². The van der Waals surface area contributed by atoms with Crippen LogP contribution in [0.1, 0.15) is 73.4 Å². The third-order valence-corrected chi connectivity index (χ3v) is 6.99. The standard InChI is InChI=1S/C18H30N2S/c1-13-14(2)21-17(20-13)12-18(19)11-7-6-10-16(18)15-8-4-3-5-9-15/h15-16H,3-12,19H2,1-2H3. The van der Waals surface area contributed by atoms with E-state index in [2.05, 4.69) is 13.8 Å². The minimum atomic E-state index is 0.0109. The second-order valence-corrected chi connectivity index (χ2v) is 8.70. The van der Waals surface area contributed by atoms with Gasteiger partial charge in [-0.25, -0.2) is 4.98 Å². The van der Waals surface area contributed by atoms with Gasteiger partial charge in [-0.2, -0.15) is 0 Å². The van der Waals surface area contributed by atoms with Crippen molar-refractivity contribution in [2.24, 2.45) is 17.6 Å². The molecule has 3 rings (SSSR count). The van der Waals surface area contributed by atoms with Crippen LogP contribution in [0.4, 0.5) is 0 Å². The lowest BCUT2D eigenvalue weighted by molar-refractivity contribution is 0.0994. The van der Waals surface area contributed by atoms with E-state index >= 15 is 0 Å². The van der Waals surface area contributed by atoms with Crippen LogP contribution in [-0.2, 0) is 6.42 Å². The van der Waals surface area contributed by atoms with Crippen LogP contribution in [0.25, 0.3) is 0 Å². The Balaban J connectivity index is 1.77. The lowest BCUT2D eigenvalue weighted by Gasteiger charge is -2.46. The molecule has 2 nitrogen and oxygen atoms in total. The maximum Gasteiger partial charge on any atom is 0.0949 e. The summed E-state index contributed by atoms with van der Waals surface area (Å²) in [6.07, 6.45) is 13.4. The van der Waals surface area contributed by atoms with Crippen molar-refractivity contribution in [2.75, 3.05) is 0 Å². The fraction of sp³-hybridized carbons (Fsp3) is 0.833. The van der Waals surface area contributed by atoms with Crippen LogP contribution in [0, 0.1) is 25.7 Å². The van der Waals surface area contributed by atoms with Gasteiger partial charge in [-0.1, -0.05) is 44.9 Å². The molecule has 2 fully saturated rings. The predicted molar refractivity (Wildman–Crippen MR) is 90.7 cm³/mol. The molecule has 2 N–H and O–H groups in total. The Bertz CT molecular complexity index is 456. The van der Waals surface area contributed by atoms with Crippen LogP contribution in [-0.4, -0.2) is 10.5 Å². The molecule has 0 aliphatic heterocycles. The first-order valence-corrected chi connectivity index (χ1v) is 9.62. The zero-order chi connectivity index (χ0) is 14.9. The average Bonchev–Trinajstić information content (AvgIpc) is 2.78. The van der Waals surface area contributed by atoms with Gasteiger partial charge in [-0.05, 0) is 38.5 Å². The smallest absolute Gasteiger partial charge is 0.0949 e. The highest BCUT2D eigenvalue weighted by Crippen LogP contribution is 2.44. The molecule has 2 atom stereocenters. The number of rotatable bonds is 3. The van der Waals surface area contributed by atoms with Gasteiger partial charge in [0.05, 0.1) is 10.7 Å². The maximum absolute atomic E-state index is 6.99. The molecule has 2 aliphatic rings. The summed E-state index contributed by atoms with van der Waals surface area (Å²) in [6, 6.07) is 0. The van der Waals surface area contributed by atoms with Crippen molar-refractivity contribution in [3.63, 3.8) is 0 Å². The van der Waals surface area contributed by atoms with Gasteiger partial charge in [0.25, 0.3) is 0 Å². The Hall–Kier alpha value is -0.410. The predicted octanol–water partition coefficient (Wildman–Crippen LogP) is 4.77. The summed E-state index contributed by atoms with van der Waals surface area (Å²) in [7, 11) is 0. The summed E-state index contributed by atoms with van der Waals surface area (Å²) < 4.78 is 0. The Morgan fingerprint density at radius 3 is 2.48 bits per heavy atom. The number of aromatic nitrogens is 1. The molecule has 3 heteroatoms. The number of thiazole rings is 1. The molecule has 0 aromatic carbocycles. The first-order valence-electron chi connectivity index (χ1n) is 8.80. The molecule has 0 radical (unpaired) electrons. The maximum atomic E-state index is 6.99. The Morgan fingerprint density at radius 1 is 1.10 bits per heavy atom. The van der Waals surface area contributed by atoms with E-state index < -0.39 is 0 Å².